The highest BCUT2D eigenvalue weighted by molar-refractivity contribution is 6.30. The van der Waals surface area contributed by atoms with Crippen LogP contribution in [0, 0.1) is 6.92 Å². The first-order valence-corrected chi connectivity index (χ1v) is 5.27. The summed E-state index contributed by atoms with van der Waals surface area (Å²) in [5.74, 6) is 1.78. The molecule has 0 spiro atoms. The maximum Gasteiger partial charge on any atom is 0.138 e. The van der Waals surface area contributed by atoms with Crippen molar-refractivity contribution in [1.29, 1.82) is 0 Å². The number of halogens is 1. The molecule has 0 aliphatic carbocycles. The van der Waals surface area contributed by atoms with Crippen molar-refractivity contribution in [3.8, 4) is 0 Å². The van der Waals surface area contributed by atoms with Crippen molar-refractivity contribution in [3.05, 3.63) is 16.5 Å². The molecule has 0 saturated carbocycles. The molecule has 0 atom stereocenters. The zero-order valence-corrected chi connectivity index (χ0v) is 9.47. The summed E-state index contributed by atoms with van der Waals surface area (Å²) >= 11 is 6.07. The molecule has 0 amide bonds. The molecule has 2 rings (SSSR count). The molecule has 2 heterocycles. The molecule has 1 aromatic rings. The molecule has 0 saturated heterocycles. The summed E-state index contributed by atoms with van der Waals surface area (Å²) in [6, 6.07) is 0.474. The van der Waals surface area contributed by atoms with E-state index in [0.717, 1.165) is 30.2 Å². The van der Waals surface area contributed by atoms with E-state index in [2.05, 4.69) is 28.7 Å². The molecule has 0 N–H and O–H groups in total. The molecule has 0 fully saturated rings. The fourth-order valence-electron chi connectivity index (χ4n) is 1.84. The van der Waals surface area contributed by atoms with Gasteiger partial charge < -0.3 is 4.90 Å². The molecule has 76 valence electrons. The van der Waals surface area contributed by atoms with Crippen molar-refractivity contribution in [3.63, 3.8) is 0 Å². The number of anilines is 1. The Morgan fingerprint density at radius 3 is 2.71 bits per heavy atom. The molecule has 1 aliphatic heterocycles. The average molecular weight is 212 g/mol. The average Bonchev–Trinajstić information content (AvgIpc) is 2.47. The van der Waals surface area contributed by atoms with Crippen molar-refractivity contribution in [2.75, 3.05) is 11.4 Å². The van der Waals surface area contributed by atoms with Gasteiger partial charge in [0.05, 0.1) is 0 Å². The first kappa shape index (κ1) is 9.71. The zero-order valence-electron chi connectivity index (χ0n) is 8.71. The van der Waals surface area contributed by atoms with Gasteiger partial charge in [0.15, 0.2) is 0 Å². The Hall–Kier alpha value is -0.830. The van der Waals surface area contributed by atoms with Gasteiger partial charge in [0.2, 0.25) is 0 Å². The number of hydrogen-bond donors (Lipinski definition) is 0. The molecule has 4 heteroatoms. The van der Waals surface area contributed by atoms with Gasteiger partial charge in [-0.2, -0.15) is 0 Å². The summed E-state index contributed by atoms with van der Waals surface area (Å²) < 4.78 is 0. The number of aryl methyl sites for hydroxylation is 1. The monoisotopic (exact) mass is 211 g/mol. The summed E-state index contributed by atoms with van der Waals surface area (Å²) in [7, 11) is 0. The van der Waals surface area contributed by atoms with Crippen molar-refractivity contribution < 1.29 is 0 Å². The highest BCUT2D eigenvalue weighted by Gasteiger charge is 2.25. The minimum absolute atomic E-state index is 0.474. The third kappa shape index (κ3) is 1.46. The molecular formula is C10H14ClN3. The highest BCUT2D eigenvalue weighted by atomic mass is 35.5. The minimum Gasteiger partial charge on any atom is -0.353 e. The van der Waals surface area contributed by atoms with Crippen LogP contribution in [-0.4, -0.2) is 22.6 Å². The standard InChI is InChI=1S/C10H14ClN3/c1-6(2)14-5-4-8-9(11)12-7(3)13-10(8)14/h6H,4-5H2,1-3H3. The number of rotatable bonds is 1. The molecular weight excluding hydrogens is 198 g/mol. The molecule has 0 bridgehead atoms. The van der Waals surface area contributed by atoms with Gasteiger partial charge in [-0.3, -0.25) is 0 Å². The van der Waals surface area contributed by atoms with E-state index in [1.54, 1.807) is 0 Å². The fourth-order valence-corrected chi connectivity index (χ4v) is 2.14. The number of aromatic nitrogens is 2. The molecule has 3 nitrogen and oxygen atoms in total. The lowest BCUT2D eigenvalue weighted by molar-refractivity contribution is 0.701. The molecule has 0 unspecified atom stereocenters. The lowest BCUT2D eigenvalue weighted by Gasteiger charge is -2.22. The Kier molecular flexibility index (Phi) is 2.35. The third-order valence-corrected chi connectivity index (χ3v) is 2.86. The van der Waals surface area contributed by atoms with Crippen LogP contribution in [0.3, 0.4) is 0 Å². The summed E-state index contributed by atoms with van der Waals surface area (Å²) in [6.07, 6.45) is 0.965. The van der Waals surface area contributed by atoms with Gasteiger partial charge in [0, 0.05) is 18.2 Å². The van der Waals surface area contributed by atoms with Crippen LogP contribution in [0.5, 0.6) is 0 Å². The van der Waals surface area contributed by atoms with Gasteiger partial charge in [-0.15, -0.1) is 0 Å². The first-order chi connectivity index (χ1) is 6.59. The predicted molar refractivity (Wildman–Crippen MR) is 58.0 cm³/mol. The number of fused-ring (bicyclic) bond motifs is 1. The van der Waals surface area contributed by atoms with E-state index in [1.807, 2.05) is 6.92 Å². The molecule has 1 aliphatic rings. The Labute approximate surface area is 89.1 Å². The second-order valence-electron chi connectivity index (χ2n) is 3.90. The van der Waals surface area contributed by atoms with Crippen LogP contribution in [0.2, 0.25) is 5.15 Å². The van der Waals surface area contributed by atoms with Crippen molar-refractivity contribution >= 4 is 17.4 Å². The normalized spacial score (nSPS) is 15.1. The van der Waals surface area contributed by atoms with Gasteiger partial charge in [-0.25, -0.2) is 9.97 Å². The summed E-state index contributed by atoms with van der Waals surface area (Å²) in [4.78, 5) is 10.9. The van der Waals surface area contributed by atoms with Gasteiger partial charge in [-0.1, -0.05) is 11.6 Å². The van der Waals surface area contributed by atoms with Gasteiger partial charge >= 0.3 is 0 Å². The van der Waals surface area contributed by atoms with E-state index in [1.165, 1.54) is 0 Å². The quantitative estimate of drug-likeness (QED) is 0.667. The Balaban J connectivity index is 2.49. The molecule has 14 heavy (non-hydrogen) atoms. The van der Waals surface area contributed by atoms with Crippen molar-refractivity contribution in [2.45, 2.75) is 33.2 Å². The lowest BCUT2D eigenvalue weighted by Crippen LogP contribution is -2.29. The van der Waals surface area contributed by atoms with E-state index in [9.17, 15) is 0 Å². The second kappa shape index (κ2) is 3.39. The van der Waals surface area contributed by atoms with Crippen molar-refractivity contribution in [2.24, 2.45) is 0 Å². The van der Waals surface area contributed by atoms with Crippen LogP contribution in [0.25, 0.3) is 0 Å². The predicted octanol–water partition coefficient (Wildman–Crippen LogP) is 2.21. The van der Waals surface area contributed by atoms with E-state index >= 15 is 0 Å². The van der Waals surface area contributed by atoms with E-state index in [4.69, 9.17) is 11.6 Å². The summed E-state index contributed by atoms with van der Waals surface area (Å²) in [6.45, 7) is 7.22. The second-order valence-corrected chi connectivity index (χ2v) is 4.26. The van der Waals surface area contributed by atoms with Crippen molar-refractivity contribution in [1.82, 2.24) is 9.97 Å². The van der Waals surface area contributed by atoms with E-state index < -0.39 is 0 Å². The van der Waals surface area contributed by atoms with Gasteiger partial charge in [-0.05, 0) is 27.2 Å². The highest BCUT2D eigenvalue weighted by Crippen LogP contribution is 2.31. The third-order valence-electron chi connectivity index (χ3n) is 2.54. The van der Waals surface area contributed by atoms with Crippen LogP contribution in [0.1, 0.15) is 25.2 Å². The maximum absolute atomic E-state index is 6.07. The Morgan fingerprint density at radius 1 is 1.36 bits per heavy atom. The maximum atomic E-state index is 6.07. The first-order valence-electron chi connectivity index (χ1n) is 4.89. The number of hydrogen-bond acceptors (Lipinski definition) is 3. The van der Waals surface area contributed by atoms with Crippen LogP contribution in [-0.2, 0) is 6.42 Å². The summed E-state index contributed by atoms with van der Waals surface area (Å²) in [5, 5.41) is 0.621. The van der Waals surface area contributed by atoms with Crippen LogP contribution < -0.4 is 4.90 Å². The van der Waals surface area contributed by atoms with E-state index in [0.29, 0.717) is 11.2 Å². The van der Waals surface area contributed by atoms with E-state index in [-0.39, 0.29) is 0 Å². The Morgan fingerprint density at radius 2 is 2.07 bits per heavy atom. The SMILES string of the molecule is Cc1nc(Cl)c2c(n1)N(C(C)C)CC2. The smallest absolute Gasteiger partial charge is 0.138 e. The van der Waals surface area contributed by atoms with Crippen LogP contribution in [0.4, 0.5) is 5.82 Å². The lowest BCUT2D eigenvalue weighted by atomic mass is 10.3. The van der Waals surface area contributed by atoms with Gasteiger partial charge in [0.25, 0.3) is 0 Å². The summed E-state index contributed by atoms with van der Waals surface area (Å²) in [5.41, 5.74) is 1.10. The fraction of sp³-hybridized carbons (Fsp3) is 0.600. The van der Waals surface area contributed by atoms with Crippen LogP contribution in [0.15, 0.2) is 0 Å². The zero-order chi connectivity index (χ0) is 10.3. The molecule has 0 aromatic carbocycles. The molecule has 0 radical (unpaired) electrons. The number of nitrogens with zero attached hydrogens (tertiary/aromatic N) is 3. The van der Waals surface area contributed by atoms with Crippen LogP contribution >= 0.6 is 11.6 Å². The topological polar surface area (TPSA) is 29.0 Å². The van der Waals surface area contributed by atoms with Gasteiger partial charge in [0.1, 0.15) is 16.8 Å². The minimum atomic E-state index is 0.474. The largest absolute Gasteiger partial charge is 0.353 e. The Bertz CT molecular complexity index is 363. The molecule has 1 aromatic heterocycles.